The van der Waals surface area contributed by atoms with Crippen LogP contribution in [0, 0.1) is 11.7 Å². The number of rotatable bonds is 1. The highest BCUT2D eigenvalue weighted by atomic mass is 19.1. The molecule has 0 N–H and O–H groups in total. The van der Waals surface area contributed by atoms with Gasteiger partial charge in [0.2, 0.25) is 0 Å². The van der Waals surface area contributed by atoms with E-state index in [2.05, 4.69) is 6.92 Å². The Kier molecular flexibility index (Phi) is 3.27. The van der Waals surface area contributed by atoms with Crippen molar-refractivity contribution in [3.63, 3.8) is 0 Å². The summed E-state index contributed by atoms with van der Waals surface area (Å²) in [6, 6.07) is 6.16. The van der Waals surface area contributed by atoms with Gasteiger partial charge in [-0.15, -0.1) is 0 Å². The van der Waals surface area contributed by atoms with E-state index in [4.69, 9.17) is 4.74 Å². The van der Waals surface area contributed by atoms with Gasteiger partial charge < -0.3 is 9.64 Å². The fraction of sp³-hybridized carbons (Fsp3) is 0.533. The first-order chi connectivity index (χ1) is 9.15. The quantitative estimate of drug-likeness (QED) is 0.779. The van der Waals surface area contributed by atoms with E-state index in [0.29, 0.717) is 19.0 Å². The minimum atomic E-state index is -0.449. The zero-order valence-corrected chi connectivity index (χ0v) is 11.0. The van der Waals surface area contributed by atoms with Gasteiger partial charge >= 0.3 is 0 Å². The van der Waals surface area contributed by atoms with Crippen LogP contribution in [0.1, 0.15) is 30.1 Å². The Morgan fingerprint density at radius 3 is 3.00 bits per heavy atom. The molecular formula is C15H18FNO2. The average molecular weight is 263 g/mol. The van der Waals surface area contributed by atoms with Gasteiger partial charge in [0.25, 0.3) is 5.91 Å². The number of likely N-dealkylation sites (tertiary alicyclic amines) is 1. The van der Waals surface area contributed by atoms with Crippen LogP contribution in [0.15, 0.2) is 24.3 Å². The van der Waals surface area contributed by atoms with Gasteiger partial charge in [-0.25, -0.2) is 4.39 Å². The van der Waals surface area contributed by atoms with Crippen molar-refractivity contribution in [1.82, 2.24) is 4.90 Å². The minimum Gasteiger partial charge on any atom is -0.373 e. The Hall–Kier alpha value is -1.42. The van der Waals surface area contributed by atoms with Gasteiger partial charge in [-0.3, -0.25) is 4.79 Å². The standard InChI is InChI=1S/C15H18FNO2/c1-10-8-11-6-7-17(9-14(11)19-10)15(18)12-4-2-3-5-13(12)16/h2-5,10-11,14H,6-9H2,1H3/t10-,11-,14+/m1/s1. The molecule has 2 heterocycles. The Labute approximate surface area is 112 Å². The fourth-order valence-electron chi connectivity index (χ4n) is 3.16. The lowest BCUT2D eigenvalue weighted by Gasteiger charge is -2.34. The fourth-order valence-corrected chi connectivity index (χ4v) is 3.16. The lowest BCUT2D eigenvalue weighted by atomic mass is 9.91. The van der Waals surface area contributed by atoms with Crippen LogP contribution in [-0.2, 0) is 4.74 Å². The first kappa shape index (κ1) is 12.6. The topological polar surface area (TPSA) is 29.5 Å². The van der Waals surface area contributed by atoms with Crippen molar-refractivity contribution < 1.29 is 13.9 Å². The van der Waals surface area contributed by atoms with E-state index in [1.54, 1.807) is 23.1 Å². The van der Waals surface area contributed by atoms with E-state index < -0.39 is 5.82 Å². The number of amides is 1. The number of ether oxygens (including phenoxy) is 1. The molecule has 4 heteroatoms. The summed E-state index contributed by atoms with van der Waals surface area (Å²) in [6.45, 7) is 3.36. The number of fused-ring (bicyclic) bond motifs is 1. The normalized spacial score (nSPS) is 30.2. The van der Waals surface area contributed by atoms with Crippen LogP contribution in [0.4, 0.5) is 4.39 Å². The lowest BCUT2D eigenvalue weighted by molar-refractivity contribution is 0.00142. The van der Waals surface area contributed by atoms with Crippen molar-refractivity contribution in [2.75, 3.05) is 13.1 Å². The molecule has 3 atom stereocenters. The third kappa shape index (κ3) is 2.37. The number of carbonyl (C=O) groups is 1. The molecule has 0 unspecified atom stereocenters. The third-order valence-corrected chi connectivity index (χ3v) is 4.13. The molecule has 0 saturated carbocycles. The number of piperidine rings is 1. The van der Waals surface area contributed by atoms with Crippen LogP contribution in [0.5, 0.6) is 0 Å². The molecule has 1 amide bonds. The van der Waals surface area contributed by atoms with Crippen molar-refractivity contribution in [1.29, 1.82) is 0 Å². The van der Waals surface area contributed by atoms with Gasteiger partial charge in [0, 0.05) is 13.1 Å². The largest absolute Gasteiger partial charge is 0.373 e. The maximum atomic E-state index is 13.6. The van der Waals surface area contributed by atoms with E-state index in [0.717, 1.165) is 12.8 Å². The number of carbonyl (C=O) groups excluding carboxylic acids is 1. The van der Waals surface area contributed by atoms with Crippen LogP contribution in [0.2, 0.25) is 0 Å². The SMILES string of the molecule is C[C@@H]1C[C@H]2CCN(C(=O)c3ccccc3F)C[C@@H]2O1. The van der Waals surface area contributed by atoms with Gasteiger partial charge in [0.1, 0.15) is 5.82 Å². The molecular weight excluding hydrogens is 245 g/mol. The summed E-state index contributed by atoms with van der Waals surface area (Å²) in [6.07, 6.45) is 2.43. The monoisotopic (exact) mass is 263 g/mol. The maximum absolute atomic E-state index is 13.6. The zero-order chi connectivity index (χ0) is 13.4. The summed E-state index contributed by atoms with van der Waals surface area (Å²) in [7, 11) is 0. The molecule has 3 nitrogen and oxygen atoms in total. The Morgan fingerprint density at radius 2 is 2.21 bits per heavy atom. The van der Waals surface area contributed by atoms with Crippen LogP contribution in [-0.4, -0.2) is 36.1 Å². The van der Waals surface area contributed by atoms with Crippen LogP contribution in [0.3, 0.4) is 0 Å². The summed E-state index contributed by atoms with van der Waals surface area (Å²) in [5.74, 6) is -0.116. The molecule has 0 spiro atoms. The third-order valence-electron chi connectivity index (χ3n) is 4.13. The summed E-state index contributed by atoms with van der Waals surface area (Å²) in [5.41, 5.74) is 0.159. The highest BCUT2D eigenvalue weighted by molar-refractivity contribution is 5.94. The maximum Gasteiger partial charge on any atom is 0.256 e. The first-order valence-electron chi connectivity index (χ1n) is 6.84. The van der Waals surface area contributed by atoms with Gasteiger partial charge in [-0.05, 0) is 37.8 Å². The van der Waals surface area contributed by atoms with Gasteiger partial charge in [0.05, 0.1) is 17.8 Å². The number of hydrogen-bond acceptors (Lipinski definition) is 2. The lowest BCUT2D eigenvalue weighted by Crippen LogP contribution is -2.45. The number of halogens is 1. The van der Waals surface area contributed by atoms with Gasteiger partial charge in [-0.2, -0.15) is 0 Å². The predicted octanol–water partition coefficient (Wildman–Crippen LogP) is 2.47. The smallest absolute Gasteiger partial charge is 0.256 e. The Morgan fingerprint density at radius 1 is 1.42 bits per heavy atom. The molecule has 0 aromatic heterocycles. The highest BCUT2D eigenvalue weighted by Gasteiger charge is 2.38. The molecule has 0 aliphatic carbocycles. The second-order valence-electron chi connectivity index (χ2n) is 5.50. The molecule has 102 valence electrons. The van der Waals surface area contributed by atoms with E-state index in [-0.39, 0.29) is 23.7 Å². The molecule has 1 aromatic rings. The van der Waals surface area contributed by atoms with Crippen molar-refractivity contribution in [3.05, 3.63) is 35.6 Å². The number of benzene rings is 1. The van der Waals surface area contributed by atoms with Gasteiger partial charge in [0.15, 0.2) is 0 Å². The highest BCUT2D eigenvalue weighted by Crippen LogP contribution is 2.33. The van der Waals surface area contributed by atoms with Crippen LogP contribution in [0.25, 0.3) is 0 Å². The van der Waals surface area contributed by atoms with Crippen molar-refractivity contribution in [2.24, 2.45) is 5.92 Å². The summed E-state index contributed by atoms with van der Waals surface area (Å²) in [4.78, 5) is 14.0. The van der Waals surface area contributed by atoms with E-state index >= 15 is 0 Å². The number of nitrogens with zero attached hydrogens (tertiary/aromatic N) is 1. The molecule has 2 aliphatic heterocycles. The average Bonchev–Trinajstić information content (AvgIpc) is 2.77. The van der Waals surface area contributed by atoms with E-state index in [1.807, 2.05) is 0 Å². The van der Waals surface area contributed by atoms with Crippen molar-refractivity contribution >= 4 is 5.91 Å². The zero-order valence-electron chi connectivity index (χ0n) is 11.0. The number of hydrogen-bond donors (Lipinski definition) is 0. The molecule has 2 saturated heterocycles. The summed E-state index contributed by atoms with van der Waals surface area (Å²) < 4.78 is 19.5. The van der Waals surface area contributed by atoms with Crippen molar-refractivity contribution in [2.45, 2.75) is 32.0 Å². The summed E-state index contributed by atoms with van der Waals surface area (Å²) >= 11 is 0. The second kappa shape index (κ2) is 4.93. The minimum absolute atomic E-state index is 0.125. The van der Waals surface area contributed by atoms with Gasteiger partial charge in [-0.1, -0.05) is 12.1 Å². The second-order valence-corrected chi connectivity index (χ2v) is 5.50. The van der Waals surface area contributed by atoms with Crippen LogP contribution < -0.4 is 0 Å². The molecule has 1 aromatic carbocycles. The summed E-state index contributed by atoms with van der Waals surface area (Å²) in [5, 5.41) is 0. The van der Waals surface area contributed by atoms with Crippen molar-refractivity contribution in [3.8, 4) is 0 Å². The Bertz CT molecular complexity index is 491. The molecule has 3 rings (SSSR count). The van der Waals surface area contributed by atoms with E-state index in [1.165, 1.54) is 6.07 Å². The molecule has 0 radical (unpaired) electrons. The first-order valence-corrected chi connectivity index (χ1v) is 6.84. The van der Waals surface area contributed by atoms with Crippen LogP contribution >= 0.6 is 0 Å². The molecule has 0 bridgehead atoms. The Balaban J connectivity index is 1.74. The molecule has 2 fully saturated rings. The molecule has 19 heavy (non-hydrogen) atoms. The predicted molar refractivity (Wildman–Crippen MR) is 69.4 cm³/mol. The van der Waals surface area contributed by atoms with E-state index in [9.17, 15) is 9.18 Å². The molecule has 2 aliphatic rings.